The molecular weight excluding hydrogens is 470 g/mol. The van der Waals surface area contributed by atoms with Crippen molar-refractivity contribution < 1.29 is 17.9 Å². The summed E-state index contributed by atoms with van der Waals surface area (Å²) >= 11 is 1.48. The van der Waals surface area contributed by atoms with Crippen LogP contribution in [0.3, 0.4) is 0 Å². The SMILES string of the molecule is CS(=O)(=O)c1cccc2sc(N3CCN(C(=O)c4ccc(Oc5ccccc5)cc4)CC3)nc12. The van der Waals surface area contributed by atoms with E-state index in [1.165, 1.54) is 17.6 Å². The molecule has 0 bridgehead atoms. The Labute approximate surface area is 202 Å². The van der Waals surface area contributed by atoms with E-state index in [1.807, 2.05) is 41.3 Å². The number of carbonyl (C=O) groups excluding carboxylic acids is 1. The number of hydrogen-bond acceptors (Lipinski definition) is 7. The van der Waals surface area contributed by atoms with Crippen LogP contribution >= 0.6 is 11.3 Å². The first-order valence-corrected chi connectivity index (χ1v) is 13.6. The van der Waals surface area contributed by atoms with Crippen LogP contribution < -0.4 is 9.64 Å². The molecule has 174 valence electrons. The molecule has 34 heavy (non-hydrogen) atoms. The summed E-state index contributed by atoms with van der Waals surface area (Å²) < 4.78 is 30.8. The fourth-order valence-electron chi connectivity index (χ4n) is 3.92. The highest BCUT2D eigenvalue weighted by Gasteiger charge is 2.25. The first-order valence-electron chi connectivity index (χ1n) is 10.9. The Morgan fingerprint density at radius 1 is 0.882 bits per heavy atom. The van der Waals surface area contributed by atoms with Crippen molar-refractivity contribution in [3.63, 3.8) is 0 Å². The molecule has 1 saturated heterocycles. The van der Waals surface area contributed by atoms with Crippen molar-refractivity contribution in [2.24, 2.45) is 0 Å². The maximum atomic E-state index is 13.0. The second-order valence-corrected chi connectivity index (χ2v) is 11.1. The fourth-order valence-corrected chi connectivity index (χ4v) is 5.86. The lowest BCUT2D eigenvalue weighted by Crippen LogP contribution is -2.48. The number of para-hydroxylation sites is 2. The maximum absolute atomic E-state index is 13.0. The summed E-state index contributed by atoms with van der Waals surface area (Å²) in [5.74, 6) is 1.41. The quantitative estimate of drug-likeness (QED) is 0.409. The van der Waals surface area contributed by atoms with Gasteiger partial charge in [0.05, 0.1) is 9.60 Å². The number of carbonyl (C=O) groups is 1. The predicted molar refractivity (Wildman–Crippen MR) is 134 cm³/mol. The van der Waals surface area contributed by atoms with E-state index in [-0.39, 0.29) is 10.8 Å². The largest absolute Gasteiger partial charge is 0.457 e. The number of ether oxygens (including phenoxy) is 1. The molecule has 1 aliphatic heterocycles. The number of benzene rings is 3. The number of aromatic nitrogens is 1. The van der Waals surface area contributed by atoms with Crippen LogP contribution in [0, 0.1) is 0 Å². The van der Waals surface area contributed by atoms with Crippen LogP contribution in [0.2, 0.25) is 0 Å². The maximum Gasteiger partial charge on any atom is 0.253 e. The van der Waals surface area contributed by atoms with Gasteiger partial charge in [0.2, 0.25) is 0 Å². The molecule has 5 rings (SSSR count). The van der Waals surface area contributed by atoms with Crippen LogP contribution in [-0.2, 0) is 9.84 Å². The highest BCUT2D eigenvalue weighted by Crippen LogP contribution is 2.33. The Kier molecular flexibility index (Phi) is 5.97. The summed E-state index contributed by atoms with van der Waals surface area (Å²) in [5, 5.41) is 0.778. The molecule has 0 saturated carbocycles. The standard InChI is InChI=1S/C25H23N3O4S2/c1-34(30,31)22-9-5-8-21-23(22)26-25(33-21)28-16-14-27(15-17-28)24(29)18-10-12-20(13-11-18)32-19-6-3-2-4-7-19/h2-13H,14-17H2,1H3. The summed E-state index contributed by atoms with van der Waals surface area (Å²) in [4.78, 5) is 21.8. The molecule has 0 spiro atoms. The lowest BCUT2D eigenvalue weighted by Gasteiger charge is -2.34. The molecule has 3 aromatic carbocycles. The Balaban J connectivity index is 1.24. The first-order chi connectivity index (χ1) is 16.4. The average molecular weight is 494 g/mol. The van der Waals surface area contributed by atoms with Gasteiger partial charge in [-0.3, -0.25) is 4.79 Å². The molecule has 4 aromatic rings. The number of thiazole rings is 1. The molecule has 0 radical (unpaired) electrons. The number of piperazine rings is 1. The van der Waals surface area contributed by atoms with Crippen LogP contribution in [0.1, 0.15) is 10.4 Å². The monoisotopic (exact) mass is 493 g/mol. The van der Waals surface area contributed by atoms with E-state index in [4.69, 9.17) is 4.74 Å². The average Bonchev–Trinajstić information content (AvgIpc) is 3.29. The topological polar surface area (TPSA) is 79.8 Å². The highest BCUT2D eigenvalue weighted by molar-refractivity contribution is 7.91. The lowest BCUT2D eigenvalue weighted by atomic mass is 10.1. The number of hydrogen-bond donors (Lipinski definition) is 0. The molecule has 0 N–H and O–H groups in total. The van der Waals surface area contributed by atoms with E-state index in [0.29, 0.717) is 43.0 Å². The number of amides is 1. The highest BCUT2D eigenvalue weighted by atomic mass is 32.2. The first kappa shape index (κ1) is 22.4. The summed E-state index contributed by atoms with van der Waals surface area (Å²) in [6, 6.07) is 21.9. The van der Waals surface area contributed by atoms with Crippen molar-refractivity contribution in [2.75, 3.05) is 37.3 Å². The van der Waals surface area contributed by atoms with Gasteiger partial charge in [0.1, 0.15) is 17.0 Å². The number of anilines is 1. The minimum Gasteiger partial charge on any atom is -0.457 e. The van der Waals surface area contributed by atoms with E-state index >= 15 is 0 Å². The molecule has 1 aromatic heterocycles. The number of rotatable bonds is 5. The van der Waals surface area contributed by atoms with E-state index in [0.717, 1.165) is 15.6 Å². The minimum atomic E-state index is -3.35. The predicted octanol–water partition coefficient (Wildman–Crippen LogP) is 4.45. The third-order valence-electron chi connectivity index (χ3n) is 5.69. The lowest BCUT2D eigenvalue weighted by molar-refractivity contribution is 0.0746. The second kappa shape index (κ2) is 9.08. The van der Waals surface area contributed by atoms with Gasteiger partial charge in [-0.25, -0.2) is 13.4 Å². The summed E-state index contributed by atoms with van der Waals surface area (Å²) in [6.07, 6.45) is 1.20. The van der Waals surface area contributed by atoms with Crippen LogP contribution in [0.4, 0.5) is 5.13 Å². The number of sulfone groups is 1. The molecule has 2 heterocycles. The normalized spacial score (nSPS) is 14.4. The number of fused-ring (bicyclic) bond motifs is 1. The van der Waals surface area contributed by atoms with Gasteiger partial charge in [0.15, 0.2) is 15.0 Å². The third kappa shape index (κ3) is 4.62. The zero-order valence-corrected chi connectivity index (χ0v) is 20.2. The van der Waals surface area contributed by atoms with E-state index < -0.39 is 9.84 Å². The molecule has 0 atom stereocenters. The molecule has 9 heteroatoms. The molecule has 1 amide bonds. The van der Waals surface area contributed by atoms with E-state index in [2.05, 4.69) is 9.88 Å². The van der Waals surface area contributed by atoms with Crippen molar-refractivity contribution in [1.29, 1.82) is 0 Å². The Hall–Kier alpha value is -3.43. The van der Waals surface area contributed by atoms with E-state index in [1.54, 1.807) is 36.4 Å². The van der Waals surface area contributed by atoms with Gasteiger partial charge < -0.3 is 14.5 Å². The summed E-state index contributed by atoms with van der Waals surface area (Å²) in [7, 11) is -3.35. The molecule has 0 aliphatic carbocycles. The minimum absolute atomic E-state index is 0.0189. The van der Waals surface area contributed by atoms with E-state index in [9.17, 15) is 13.2 Å². The van der Waals surface area contributed by atoms with Gasteiger partial charge in [0, 0.05) is 38.0 Å². The van der Waals surface area contributed by atoms with Gasteiger partial charge in [-0.15, -0.1) is 0 Å². The Morgan fingerprint density at radius 3 is 2.24 bits per heavy atom. The zero-order chi connectivity index (χ0) is 23.7. The van der Waals surface area contributed by atoms with Crippen molar-refractivity contribution >= 4 is 42.4 Å². The molecule has 1 fully saturated rings. The number of nitrogens with zero attached hydrogens (tertiary/aromatic N) is 3. The van der Waals surface area contributed by atoms with Gasteiger partial charge in [-0.1, -0.05) is 35.6 Å². The second-order valence-electron chi connectivity index (χ2n) is 8.09. The smallest absolute Gasteiger partial charge is 0.253 e. The van der Waals surface area contributed by atoms with Crippen LogP contribution in [-0.4, -0.2) is 56.6 Å². The fraction of sp³-hybridized carbons (Fsp3) is 0.200. The van der Waals surface area contributed by atoms with Crippen molar-refractivity contribution in [2.45, 2.75) is 4.90 Å². The summed E-state index contributed by atoms with van der Waals surface area (Å²) in [5.41, 5.74) is 1.13. The Morgan fingerprint density at radius 2 is 1.56 bits per heavy atom. The van der Waals surface area contributed by atoms with Crippen LogP contribution in [0.5, 0.6) is 11.5 Å². The van der Waals surface area contributed by atoms with Gasteiger partial charge in [-0.2, -0.15) is 0 Å². The van der Waals surface area contributed by atoms with Crippen LogP contribution in [0.25, 0.3) is 10.2 Å². The Bertz CT molecular complexity index is 1430. The third-order valence-corrected chi connectivity index (χ3v) is 7.90. The van der Waals surface area contributed by atoms with Gasteiger partial charge in [-0.05, 0) is 48.5 Å². The van der Waals surface area contributed by atoms with Gasteiger partial charge in [0.25, 0.3) is 5.91 Å². The summed E-state index contributed by atoms with van der Waals surface area (Å²) in [6.45, 7) is 2.40. The molecule has 0 unspecified atom stereocenters. The zero-order valence-electron chi connectivity index (χ0n) is 18.5. The van der Waals surface area contributed by atoms with Crippen molar-refractivity contribution in [3.05, 3.63) is 78.4 Å². The molecule has 7 nitrogen and oxygen atoms in total. The van der Waals surface area contributed by atoms with Gasteiger partial charge >= 0.3 is 0 Å². The van der Waals surface area contributed by atoms with Crippen molar-refractivity contribution in [3.8, 4) is 11.5 Å². The van der Waals surface area contributed by atoms with Crippen molar-refractivity contribution in [1.82, 2.24) is 9.88 Å². The van der Waals surface area contributed by atoms with Crippen LogP contribution in [0.15, 0.2) is 77.7 Å². The molecular formula is C25H23N3O4S2. The molecule has 1 aliphatic rings.